The first-order chi connectivity index (χ1) is 12.9. The van der Waals surface area contributed by atoms with Gasteiger partial charge in [-0.25, -0.2) is 18.4 Å². The highest BCUT2D eigenvalue weighted by atomic mass is 19.1. The van der Waals surface area contributed by atoms with Crippen LogP contribution < -0.4 is 5.32 Å². The van der Waals surface area contributed by atoms with Crippen molar-refractivity contribution >= 4 is 29.6 Å². The van der Waals surface area contributed by atoms with Crippen LogP contribution in [-0.4, -0.2) is 31.6 Å². The normalized spacial score (nSPS) is 10.5. The van der Waals surface area contributed by atoms with Crippen LogP contribution in [0.2, 0.25) is 0 Å². The van der Waals surface area contributed by atoms with Gasteiger partial charge in [-0.3, -0.25) is 4.79 Å². The van der Waals surface area contributed by atoms with E-state index in [0.29, 0.717) is 11.1 Å². The van der Waals surface area contributed by atoms with Crippen molar-refractivity contribution in [2.75, 3.05) is 19.0 Å². The third kappa shape index (κ3) is 6.03. The number of methoxy groups -OCH3 is 1. The van der Waals surface area contributed by atoms with E-state index in [1.54, 1.807) is 12.1 Å². The molecule has 0 spiro atoms. The SMILES string of the molecule is COC(=O)c1ccc(/C=C/C(=O)OCC(=O)Nc2cc(F)ccc2F)cc1. The van der Waals surface area contributed by atoms with Crippen molar-refractivity contribution in [1.29, 1.82) is 0 Å². The fourth-order valence-electron chi connectivity index (χ4n) is 1.98. The van der Waals surface area contributed by atoms with Gasteiger partial charge in [0, 0.05) is 12.1 Å². The maximum absolute atomic E-state index is 13.4. The lowest BCUT2D eigenvalue weighted by molar-refractivity contribution is -0.142. The molecule has 8 heteroatoms. The van der Waals surface area contributed by atoms with Crippen molar-refractivity contribution in [3.63, 3.8) is 0 Å². The van der Waals surface area contributed by atoms with Gasteiger partial charge in [-0.15, -0.1) is 0 Å². The minimum atomic E-state index is -0.816. The Bertz CT molecular complexity index is 878. The molecule has 0 saturated carbocycles. The smallest absolute Gasteiger partial charge is 0.337 e. The predicted octanol–water partition coefficient (Wildman–Crippen LogP) is 2.95. The van der Waals surface area contributed by atoms with E-state index in [-0.39, 0.29) is 5.69 Å². The van der Waals surface area contributed by atoms with Gasteiger partial charge >= 0.3 is 11.9 Å². The van der Waals surface area contributed by atoms with Crippen molar-refractivity contribution in [1.82, 2.24) is 0 Å². The molecule has 6 nitrogen and oxygen atoms in total. The predicted molar refractivity (Wildman–Crippen MR) is 92.8 cm³/mol. The van der Waals surface area contributed by atoms with Gasteiger partial charge in [0.2, 0.25) is 0 Å². The molecule has 2 aromatic carbocycles. The summed E-state index contributed by atoms with van der Waals surface area (Å²) >= 11 is 0. The van der Waals surface area contributed by atoms with Gasteiger partial charge in [0.05, 0.1) is 18.4 Å². The molecule has 0 radical (unpaired) electrons. The first-order valence-corrected chi connectivity index (χ1v) is 7.67. The number of amides is 1. The molecule has 27 heavy (non-hydrogen) atoms. The monoisotopic (exact) mass is 375 g/mol. The molecule has 0 saturated heterocycles. The van der Waals surface area contributed by atoms with Crippen molar-refractivity contribution in [3.05, 3.63) is 71.3 Å². The standard InChI is InChI=1S/C19H15F2NO5/c1-26-19(25)13-5-2-12(3-6-13)4-9-18(24)27-11-17(23)22-16-10-14(20)7-8-15(16)21/h2-10H,11H2,1H3,(H,22,23)/b9-4+. The summed E-state index contributed by atoms with van der Waals surface area (Å²) in [5.41, 5.74) is 0.627. The molecule has 0 heterocycles. The molecule has 0 aliphatic heterocycles. The van der Waals surface area contributed by atoms with Crippen LogP contribution in [0.15, 0.2) is 48.5 Å². The molecule has 2 aromatic rings. The Hall–Kier alpha value is -3.55. The van der Waals surface area contributed by atoms with E-state index >= 15 is 0 Å². The number of benzene rings is 2. The lowest BCUT2D eigenvalue weighted by Crippen LogP contribution is -2.20. The molecule has 0 aromatic heterocycles. The molecule has 0 fully saturated rings. The van der Waals surface area contributed by atoms with Crippen LogP contribution in [0.5, 0.6) is 0 Å². The second-order valence-electron chi connectivity index (χ2n) is 5.23. The Morgan fingerprint density at radius 2 is 1.78 bits per heavy atom. The fraction of sp³-hybridized carbons (Fsp3) is 0.105. The van der Waals surface area contributed by atoms with E-state index in [9.17, 15) is 23.2 Å². The van der Waals surface area contributed by atoms with E-state index in [1.165, 1.54) is 25.3 Å². The van der Waals surface area contributed by atoms with Gasteiger partial charge < -0.3 is 14.8 Å². The average Bonchev–Trinajstić information content (AvgIpc) is 2.67. The summed E-state index contributed by atoms with van der Waals surface area (Å²) in [5.74, 6) is -3.63. The second kappa shape index (κ2) is 9.23. The molecule has 0 unspecified atom stereocenters. The Morgan fingerprint density at radius 3 is 2.44 bits per heavy atom. The van der Waals surface area contributed by atoms with Crippen molar-refractivity contribution < 1.29 is 32.6 Å². The summed E-state index contributed by atoms with van der Waals surface area (Å²) in [4.78, 5) is 34.6. The summed E-state index contributed by atoms with van der Waals surface area (Å²) in [7, 11) is 1.27. The zero-order valence-corrected chi connectivity index (χ0v) is 14.2. The number of nitrogens with one attached hydrogen (secondary N) is 1. The van der Waals surface area contributed by atoms with Gasteiger partial charge in [-0.1, -0.05) is 12.1 Å². The minimum absolute atomic E-state index is 0.350. The molecule has 2 rings (SSSR count). The van der Waals surface area contributed by atoms with Gasteiger partial charge in [0.25, 0.3) is 5.91 Å². The highest BCUT2D eigenvalue weighted by molar-refractivity contribution is 5.95. The Balaban J connectivity index is 1.84. The van der Waals surface area contributed by atoms with E-state index in [4.69, 9.17) is 4.74 Å². The molecule has 1 amide bonds. The Labute approximate surface area is 153 Å². The summed E-state index contributed by atoms with van der Waals surface area (Å²) in [6.45, 7) is -0.666. The minimum Gasteiger partial charge on any atom is -0.465 e. The number of ether oxygens (including phenoxy) is 2. The fourth-order valence-corrected chi connectivity index (χ4v) is 1.98. The summed E-state index contributed by atoms with van der Waals surface area (Å²) in [6.07, 6.45) is 2.51. The van der Waals surface area contributed by atoms with Crippen molar-refractivity contribution in [2.45, 2.75) is 0 Å². The number of esters is 2. The first-order valence-electron chi connectivity index (χ1n) is 7.67. The van der Waals surface area contributed by atoms with Gasteiger partial charge in [0.1, 0.15) is 11.6 Å². The molecule has 0 aliphatic rings. The number of hydrogen-bond acceptors (Lipinski definition) is 5. The maximum atomic E-state index is 13.4. The molecule has 0 aliphatic carbocycles. The zero-order chi connectivity index (χ0) is 19.8. The number of carbonyl (C=O) groups is 3. The highest BCUT2D eigenvalue weighted by Gasteiger charge is 2.10. The summed E-state index contributed by atoms with van der Waals surface area (Å²) < 4.78 is 35.7. The molecule has 0 atom stereocenters. The summed E-state index contributed by atoms with van der Waals surface area (Å²) in [6, 6.07) is 8.83. The Morgan fingerprint density at radius 1 is 1.07 bits per heavy atom. The zero-order valence-electron chi connectivity index (χ0n) is 14.2. The number of anilines is 1. The third-order valence-electron chi connectivity index (χ3n) is 3.29. The van der Waals surface area contributed by atoms with Crippen LogP contribution in [0.4, 0.5) is 14.5 Å². The number of hydrogen-bond donors (Lipinski definition) is 1. The first kappa shape index (κ1) is 19.8. The quantitative estimate of drug-likeness (QED) is 0.620. The van der Waals surface area contributed by atoms with Crippen LogP contribution in [0.1, 0.15) is 15.9 Å². The van der Waals surface area contributed by atoms with Crippen LogP contribution in [-0.2, 0) is 19.1 Å². The number of carbonyl (C=O) groups excluding carboxylic acids is 3. The van der Waals surface area contributed by atoms with Crippen molar-refractivity contribution in [3.8, 4) is 0 Å². The Kier molecular flexibility index (Phi) is 6.76. The molecule has 1 N–H and O–H groups in total. The van der Waals surface area contributed by atoms with Crippen molar-refractivity contribution in [2.24, 2.45) is 0 Å². The van der Waals surface area contributed by atoms with E-state index in [2.05, 4.69) is 10.1 Å². The van der Waals surface area contributed by atoms with Crippen LogP contribution in [0.25, 0.3) is 6.08 Å². The molecule has 140 valence electrons. The van der Waals surface area contributed by atoms with E-state index < -0.39 is 36.1 Å². The molecular weight excluding hydrogens is 360 g/mol. The third-order valence-corrected chi connectivity index (χ3v) is 3.29. The van der Waals surface area contributed by atoms with Crippen LogP contribution in [0.3, 0.4) is 0 Å². The average molecular weight is 375 g/mol. The lowest BCUT2D eigenvalue weighted by Gasteiger charge is -2.06. The van der Waals surface area contributed by atoms with Gasteiger partial charge in [-0.2, -0.15) is 0 Å². The van der Waals surface area contributed by atoms with E-state index in [0.717, 1.165) is 24.3 Å². The maximum Gasteiger partial charge on any atom is 0.337 e. The van der Waals surface area contributed by atoms with Crippen LogP contribution in [0, 0.1) is 11.6 Å². The summed E-state index contributed by atoms with van der Waals surface area (Å²) in [5, 5.41) is 2.10. The largest absolute Gasteiger partial charge is 0.465 e. The van der Waals surface area contributed by atoms with E-state index in [1.807, 2.05) is 0 Å². The second-order valence-corrected chi connectivity index (χ2v) is 5.23. The van der Waals surface area contributed by atoms with Crippen LogP contribution >= 0.6 is 0 Å². The van der Waals surface area contributed by atoms with Gasteiger partial charge in [0.15, 0.2) is 6.61 Å². The highest BCUT2D eigenvalue weighted by Crippen LogP contribution is 2.15. The number of halogens is 2. The topological polar surface area (TPSA) is 81.7 Å². The molecule has 0 bridgehead atoms. The number of rotatable bonds is 6. The lowest BCUT2D eigenvalue weighted by atomic mass is 10.1. The molecular formula is C19H15F2NO5. The van der Waals surface area contributed by atoms with Gasteiger partial charge in [-0.05, 0) is 35.9 Å².